The lowest BCUT2D eigenvalue weighted by Crippen LogP contribution is -2.13. The van der Waals surface area contributed by atoms with E-state index in [1.807, 2.05) is 30.3 Å². The Hall–Kier alpha value is -2.89. The van der Waals surface area contributed by atoms with Gasteiger partial charge in [0.05, 0.1) is 12.1 Å². The SMILES string of the molecule is CC(C)CCCCCOC(=O)CCc1cc(-c2cccc3[nH]nnc23)c(O)c(C(C)(C)C)c1. The number of aromatic nitrogens is 3. The van der Waals surface area contributed by atoms with Gasteiger partial charge in [0, 0.05) is 23.1 Å². The number of nitrogens with zero attached hydrogens (tertiary/aromatic N) is 2. The van der Waals surface area contributed by atoms with E-state index < -0.39 is 0 Å². The maximum absolute atomic E-state index is 12.3. The number of carbonyl (C=O) groups is 1. The first-order valence-corrected chi connectivity index (χ1v) is 12.0. The van der Waals surface area contributed by atoms with Gasteiger partial charge < -0.3 is 9.84 Å². The van der Waals surface area contributed by atoms with Crippen molar-refractivity contribution in [3.05, 3.63) is 41.5 Å². The third-order valence-corrected chi connectivity index (χ3v) is 5.93. The number of ether oxygens (including phenoxy) is 1. The molecule has 3 rings (SSSR count). The van der Waals surface area contributed by atoms with Crippen LogP contribution in [0.15, 0.2) is 30.3 Å². The number of carbonyl (C=O) groups excluding carboxylic acids is 1. The lowest BCUT2D eigenvalue weighted by molar-refractivity contribution is -0.143. The highest BCUT2D eigenvalue weighted by Gasteiger charge is 2.23. The van der Waals surface area contributed by atoms with Crippen LogP contribution >= 0.6 is 0 Å². The predicted octanol–water partition coefficient (Wildman–Crippen LogP) is 6.32. The van der Waals surface area contributed by atoms with Crippen molar-refractivity contribution in [2.45, 2.75) is 78.6 Å². The van der Waals surface area contributed by atoms with Gasteiger partial charge in [-0.3, -0.25) is 9.89 Å². The Morgan fingerprint density at radius 2 is 1.91 bits per heavy atom. The van der Waals surface area contributed by atoms with E-state index in [4.69, 9.17) is 4.74 Å². The number of esters is 1. The number of hydrogen-bond donors (Lipinski definition) is 2. The summed E-state index contributed by atoms with van der Waals surface area (Å²) in [6.07, 6.45) is 5.27. The fourth-order valence-electron chi connectivity index (χ4n) is 4.04. The first kappa shape index (κ1) is 24.7. The van der Waals surface area contributed by atoms with Crippen molar-refractivity contribution < 1.29 is 14.6 Å². The molecule has 0 fully saturated rings. The van der Waals surface area contributed by atoms with Crippen LogP contribution in [0.2, 0.25) is 0 Å². The van der Waals surface area contributed by atoms with Gasteiger partial charge in [-0.15, -0.1) is 5.10 Å². The minimum atomic E-state index is -0.261. The van der Waals surface area contributed by atoms with Crippen molar-refractivity contribution in [2.75, 3.05) is 6.61 Å². The van der Waals surface area contributed by atoms with Crippen molar-refractivity contribution in [2.24, 2.45) is 5.92 Å². The van der Waals surface area contributed by atoms with E-state index in [2.05, 4.69) is 50.0 Å². The number of nitrogens with one attached hydrogen (secondary N) is 1. The quantitative estimate of drug-likeness (QED) is 0.278. The highest BCUT2D eigenvalue weighted by atomic mass is 16.5. The molecular formula is C27H37N3O3. The van der Waals surface area contributed by atoms with Crippen LogP contribution in [-0.2, 0) is 21.4 Å². The zero-order valence-corrected chi connectivity index (χ0v) is 20.6. The summed E-state index contributed by atoms with van der Waals surface area (Å²) in [6.45, 7) is 11.1. The molecule has 1 aromatic heterocycles. The molecule has 178 valence electrons. The number of unbranched alkanes of at least 4 members (excludes halogenated alkanes) is 2. The number of phenols is 1. The first-order chi connectivity index (χ1) is 15.7. The maximum atomic E-state index is 12.3. The zero-order chi connectivity index (χ0) is 24.0. The molecule has 0 saturated carbocycles. The summed E-state index contributed by atoms with van der Waals surface area (Å²) in [5, 5.41) is 22.1. The molecule has 3 aromatic rings. The summed E-state index contributed by atoms with van der Waals surface area (Å²) in [4.78, 5) is 12.3. The first-order valence-electron chi connectivity index (χ1n) is 12.0. The van der Waals surface area contributed by atoms with E-state index in [1.165, 1.54) is 12.8 Å². The number of fused-ring (bicyclic) bond motifs is 1. The van der Waals surface area contributed by atoms with Crippen LogP contribution < -0.4 is 0 Å². The Bertz CT molecular complexity index is 1080. The average Bonchev–Trinajstić information content (AvgIpc) is 3.23. The molecule has 2 aromatic carbocycles. The lowest BCUT2D eigenvalue weighted by Gasteiger charge is -2.23. The fraction of sp³-hybridized carbons (Fsp3) is 0.519. The van der Waals surface area contributed by atoms with Crippen molar-refractivity contribution in [1.82, 2.24) is 15.4 Å². The number of aryl methyl sites for hydroxylation is 1. The van der Waals surface area contributed by atoms with Crippen LogP contribution in [0.25, 0.3) is 22.2 Å². The molecule has 0 aliphatic carbocycles. The Morgan fingerprint density at radius 3 is 2.64 bits per heavy atom. The summed E-state index contributed by atoms with van der Waals surface area (Å²) in [5.74, 6) is 0.784. The molecule has 0 aliphatic rings. The number of aromatic hydroxyl groups is 1. The van der Waals surface area contributed by atoms with E-state index in [0.717, 1.165) is 41.0 Å². The van der Waals surface area contributed by atoms with Crippen LogP contribution in [0, 0.1) is 5.92 Å². The van der Waals surface area contributed by atoms with Gasteiger partial charge in [-0.25, -0.2) is 0 Å². The molecule has 0 aliphatic heterocycles. The molecular weight excluding hydrogens is 414 g/mol. The van der Waals surface area contributed by atoms with Crippen LogP contribution in [0.3, 0.4) is 0 Å². The van der Waals surface area contributed by atoms with Gasteiger partial charge in [-0.2, -0.15) is 0 Å². The average molecular weight is 452 g/mol. The van der Waals surface area contributed by atoms with E-state index in [0.29, 0.717) is 30.5 Å². The second-order valence-corrected chi connectivity index (χ2v) is 10.3. The third kappa shape index (κ3) is 6.56. The molecule has 0 unspecified atom stereocenters. The number of hydrogen-bond acceptors (Lipinski definition) is 5. The monoisotopic (exact) mass is 451 g/mol. The van der Waals surface area contributed by atoms with Gasteiger partial charge in [0.1, 0.15) is 11.3 Å². The highest BCUT2D eigenvalue weighted by Crippen LogP contribution is 2.41. The summed E-state index contributed by atoms with van der Waals surface area (Å²) >= 11 is 0. The molecule has 6 nitrogen and oxygen atoms in total. The molecule has 0 bridgehead atoms. The van der Waals surface area contributed by atoms with Crippen LogP contribution in [0.1, 0.15) is 77.8 Å². The number of H-pyrrole nitrogens is 1. The third-order valence-electron chi connectivity index (χ3n) is 5.93. The summed E-state index contributed by atoms with van der Waals surface area (Å²) in [7, 11) is 0. The summed E-state index contributed by atoms with van der Waals surface area (Å²) < 4.78 is 5.44. The number of rotatable bonds is 10. The molecule has 2 N–H and O–H groups in total. The normalized spacial score (nSPS) is 11.9. The second-order valence-electron chi connectivity index (χ2n) is 10.3. The molecule has 33 heavy (non-hydrogen) atoms. The largest absolute Gasteiger partial charge is 0.507 e. The van der Waals surface area contributed by atoms with E-state index in [-0.39, 0.29) is 17.1 Å². The van der Waals surface area contributed by atoms with Gasteiger partial charge in [0.25, 0.3) is 0 Å². The van der Waals surface area contributed by atoms with Gasteiger partial charge >= 0.3 is 5.97 Å². The van der Waals surface area contributed by atoms with E-state index in [9.17, 15) is 9.90 Å². The molecule has 0 spiro atoms. The topological polar surface area (TPSA) is 88.1 Å². The Balaban J connectivity index is 1.73. The Kier molecular flexibility index (Phi) is 8.11. The molecule has 1 heterocycles. The molecule has 0 radical (unpaired) electrons. The highest BCUT2D eigenvalue weighted by molar-refractivity contribution is 5.93. The second kappa shape index (κ2) is 10.8. The predicted molar refractivity (Wildman–Crippen MR) is 132 cm³/mol. The van der Waals surface area contributed by atoms with Crippen molar-refractivity contribution in [3.8, 4) is 16.9 Å². The van der Waals surface area contributed by atoms with Crippen LogP contribution in [0.5, 0.6) is 5.75 Å². The van der Waals surface area contributed by atoms with Crippen molar-refractivity contribution in [1.29, 1.82) is 0 Å². The van der Waals surface area contributed by atoms with E-state index in [1.54, 1.807) is 0 Å². The van der Waals surface area contributed by atoms with Gasteiger partial charge in [0.15, 0.2) is 0 Å². The summed E-state index contributed by atoms with van der Waals surface area (Å²) in [5.41, 5.74) is 4.61. The summed E-state index contributed by atoms with van der Waals surface area (Å²) in [6, 6.07) is 9.71. The standard InChI is InChI=1S/C27H37N3O3/c1-18(2)10-7-6-8-15-33-24(31)14-13-19-16-21(26(32)22(17-19)27(3,4)5)20-11-9-12-23-25(20)29-30-28-23/h9,11-12,16-18,32H,6-8,10,13-15H2,1-5H3,(H,28,29,30). The molecule has 0 atom stereocenters. The van der Waals surface area contributed by atoms with Crippen LogP contribution in [-0.4, -0.2) is 33.1 Å². The smallest absolute Gasteiger partial charge is 0.306 e. The zero-order valence-electron chi connectivity index (χ0n) is 20.6. The van der Waals surface area contributed by atoms with Crippen molar-refractivity contribution >= 4 is 17.0 Å². The molecule has 0 amide bonds. The van der Waals surface area contributed by atoms with Gasteiger partial charge in [0.2, 0.25) is 0 Å². The van der Waals surface area contributed by atoms with Crippen molar-refractivity contribution in [3.63, 3.8) is 0 Å². The minimum Gasteiger partial charge on any atom is -0.507 e. The molecule has 0 saturated heterocycles. The van der Waals surface area contributed by atoms with Crippen LogP contribution in [0.4, 0.5) is 0 Å². The Labute approximate surface area is 196 Å². The molecule has 6 heteroatoms. The minimum absolute atomic E-state index is 0.176. The fourth-order valence-corrected chi connectivity index (χ4v) is 4.04. The van der Waals surface area contributed by atoms with Gasteiger partial charge in [-0.1, -0.05) is 77.3 Å². The van der Waals surface area contributed by atoms with Gasteiger partial charge in [-0.05, 0) is 41.9 Å². The Morgan fingerprint density at radius 1 is 1.12 bits per heavy atom. The number of phenolic OH excluding ortho intramolecular Hbond substituents is 1. The van der Waals surface area contributed by atoms with E-state index >= 15 is 0 Å². The lowest BCUT2D eigenvalue weighted by atomic mass is 9.82. The number of aromatic amines is 1. The number of benzene rings is 2. The maximum Gasteiger partial charge on any atom is 0.306 e.